The Morgan fingerprint density at radius 1 is 1.23 bits per heavy atom. The average Bonchev–Trinajstić information content (AvgIpc) is 3.05. The van der Waals surface area contributed by atoms with Crippen LogP contribution in [0.3, 0.4) is 0 Å². The molecule has 0 aliphatic carbocycles. The molecular formula is C22H26N4O3S. The Kier molecular flexibility index (Phi) is 6.66. The molecule has 30 heavy (non-hydrogen) atoms. The Hall–Kier alpha value is -3.00. The number of fused-ring (bicyclic) bond motifs is 1. The van der Waals surface area contributed by atoms with Gasteiger partial charge in [-0.15, -0.1) is 11.3 Å². The normalized spacial score (nSPS) is 11.1. The predicted molar refractivity (Wildman–Crippen MR) is 120 cm³/mol. The van der Waals surface area contributed by atoms with Crippen LogP contribution >= 0.6 is 11.3 Å². The highest BCUT2D eigenvalue weighted by atomic mass is 32.1. The number of thiophene rings is 1. The van der Waals surface area contributed by atoms with Crippen molar-refractivity contribution in [3.63, 3.8) is 0 Å². The summed E-state index contributed by atoms with van der Waals surface area (Å²) in [6.07, 6.45) is 1.41. The van der Waals surface area contributed by atoms with Gasteiger partial charge < -0.3 is 10.2 Å². The second kappa shape index (κ2) is 9.21. The summed E-state index contributed by atoms with van der Waals surface area (Å²) in [4.78, 5) is 45.3. The van der Waals surface area contributed by atoms with Crippen LogP contribution in [0.1, 0.15) is 26.3 Å². The Morgan fingerprint density at radius 3 is 2.57 bits per heavy atom. The fourth-order valence-electron chi connectivity index (χ4n) is 3.30. The molecule has 158 valence electrons. The van der Waals surface area contributed by atoms with Crippen LogP contribution in [0, 0.1) is 6.92 Å². The number of amides is 2. The third-order valence-corrected chi connectivity index (χ3v) is 6.03. The van der Waals surface area contributed by atoms with E-state index in [1.54, 1.807) is 6.92 Å². The molecule has 0 unspecified atom stereocenters. The van der Waals surface area contributed by atoms with Crippen LogP contribution in [0.2, 0.25) is 0 Å². The number of carbonyl (C=O) groups excluding carboxylic acids is 2. The van der Waals surface area contributed by atoms with Crippen LogP contribution in [0.25, 0.3) is 20.7 Å². The maximum absolute atomic E-state index is 13.1. The molecule has 1 aromatic carbocycles. The topological polar surface area (TPSA) is 84.3 Å². The molecule has 0 aliphatic heterocycles. The van der Waals surface area contributed by atoms with E-state index in [1.807, 2.05) is 51.1 Å². The highest BCUT2D eigenvalue weighted by Crippen LogP contribution is 2.35. The molecule has 1 N–H and O–H groups in total. The first-order valence-corrected chi connectivity index (χ1v) is 10.7. The van der Waals surface area contributed by atoms with Crippen molar-refractivity contribution < 1.29 is 9.59 Å². The van der Waals surface area contributed by atoms with E-state index in [-0.39, 0.29) is 36.5 Å². The van der Waals surface area contributed by atoms with Gasteiger partial charge >= 0.3 is 0 Å². The van der Waals surface area contributed by atoms with Crippen LogP contribution in [-0.2, 0) is 16.1 Å². The lowest BCUT2D eigenvalue weighted by Gasteiger charge is -2.21. The molecule has 0 saturated heterocycles. The van der Waals surface area contributed by atoms with E-state index in [2.05, 4.69) is 10.3 Å². The predicted octanol–water partition coefficient (Wildman–Crippen LogP) is 2.81. The van der Waals surface area contributed by atoms with Crippen LogP contribution in [0.5, 0.6) is 0 Å². The minimum Gasteiger partial charge on any atom is -0.352 e. The van der Waals surface area contributed by atoms with Gasteiger partial charge in [0.25, 0.3) is 5.56 Å². The minimum atomic E-state index is -0.296. The van der Waals surface area contributed by atoms with E-state index >= 15 is 0 Å². The van der Waals surface area contributed by atoms with Gasteiger partial charge in [0.2, 0.25) is 11.8 Å². The molecular weight excluding hydrogens is 400 g/mol. The van der Waals surface area contributed by atoms with Crippen molar-refractivity contribution in [2.24, 2.45) is 0 Å². The highest BCUT2D eigenvalue weighted by Gasteiger charge is 2.20. The first-order chi connectivity index (χ1) is 14.3. The summed E-state index contributed by atoms with van der Waals surface area (Å²) < 4.78 is 1.32. The van der Waals surface area contributed by atoms with Crippen molar-refractivity contribution in [1.29, 1.82) is 0 Å². The van der Waals surface area contributed by atoms with E-state index in [9.17, 15) is 14.4 Å². The van der Waals surface area contributed by atoms with E-state index in [4.69, 9.17) is 0 Å². The summed E-state index contributed by atoms with van der Waals surface area (Å²) in [5, 5.41) is 3.31. The largest absolute Gasteiger partial charge is 0.352 e. The molecule has 0 spiro atoms. The third kappa shape index (κ3) is 4.59. The van der Waals surface area contributed by atoms with Crippen molar-refractivity contribution in [3.05, 3.63) is 52.6 Å². The lowest BCUT2D eigenvalue weighted by molar-refractivity contribution is -0.136. The molecule has 3 rings (SSSR count). The Bertz CT molecular complexity index is 1120. The number of aryl methyl sites for hydroxylation is 1. The first-order valence-electron chi connectivity index (χ1n) is 9.92. The molecule has 0 fully saturated rings. The second-order valence-corrected chi connectivity index (χ2v) is 8.41. The van der Waals surface area contributed by atoms with Gasteiger partial charge in [0, 0.05) is 17.5 Å². The van der Waals surface area contributed by atoms with Crippen molar-refractivity contribution in [1.82, 2.24) is 19.8 Å². The standard InChI is InChI=1S/C22H26N4O3S/c1-5-25(11-17(27)24-14(2)3)18(28)12-26-13-23-21-19(22(26)29)15(4)20(30-21)16-9-7-6-8-10-16/h6-10,13-14H,5,11-12H2,1-4H3,(H,24,27). The molecule has 8 heteroatoms. The van der Waals surface area contributed by atoms with Gasteiger partial charge in [-0.1, -0.05) is 30.3 Å². The van der Waals surface area contributed by atoms with Crippen molar-refractivity contribution in [3.8, 4) is 10.4 Å². The number of hydrogen-bond donors (Lipinski definition) is 1. The fourth-order valence-corrected chi connectivity index (χ4v) is 4.44. The zero-order valence-electron chi connectivity index (χ0n) is 17.6. The molecule has 2 heterocycles. The van der Waals surface area contributed by atoms with Crippen molar-refractivity contribution in [2.45, 2.75) is 40.3 Å². The molecule has 2 aromatic heterocycles. The molecule has 0 atom stereocenters. The molecule has 7 nitrogen and oxygen atoms in total. The SMILES string of the molecule is CCN(CC(=O)NC(C)C)C(=O)Cn1cnc2sc(-c3ccccc3)c(C)c2c1=O. The molecule has 0 radical (unpaired) electrons. The summed E-state index contributed by atoms with van der Waals surface area (Å²) in [7, 11) is 0. The number of likely N-dealkylation sites (N-methyl/N-ethyl adjacent to an activating group) is 1. The molecule has 0 saturated carbocycles. The van der Waals surface area contributed by atoms with E-state index < -0.39 is 0 Å². The number of benzene rings is 1. The van der Waals surface area contributed by atoms with Crippen LogP contribution < -0.4 is 10.9 Å². The lowest BCUT2D eigenvalue weighted by atomic mass is 10.1. The van der Waals surface area contributed by atoms with Gasteiger partial charge in [-0.2, -0.15) is 0 Å². The molecule has 2 amide bonds. The maximum Gasteiger partial charge on any atom is 0.262 e. The monoisotopic (exact) mass is 426 g/mol. The van der Waals surface area contributed by atoms with Crippen molar-refractivity contribution in [2.75, 3.05) is 13.1 Å². The van der Waals surface area contributed by atoms with Gasteiger partial charge in [0.05, 0.1) is 18.3 Å². The van der Waals surface area contributed by atoms with E-state index in [0.717, 1.165) is 16.0 Å². The van der Waals surface area contributed by atoms with Crippen LogP contribution in [0.15, 0.2) is 41.5 Å². The smallest absolute Gasteiger partial charge is 0.262 e. The minimum absolute atomic E-state index is 0.000844. The lowest BCUT2D eigenvalue weighted by Crippen LogP contribution is -2.44. The van der Waals surface area contributed by atoms with E-state index in [0.29, 0.717) is 16.8 Å². The number of nitrogens with zero attached hydrogens (tertiary/aromatic N) is 3. The molecule has 0 aliphatic rings. The van der Waals surface area contributed by atoms with Gasteiger partial charge in [-0.05, 0) is 38.8 Å². The zero-order valence-corrected chi connectivity index (χ0v) is 18.5. The number of rotatable bonds is 7. The summed E-state index contributed by atoms with van der Waals surface area (Å²) >= 11 is 1.47. The summed E-state index contributed by atoms with van der Waals surface area (Å²) in [5.74, 6) is -0.516. The summed E-state index contributed by atoms with van der Waals surface area (Å²) in [5.41, 5.74) is 1.66. The Morgan fingerprint density at radius 2 is 1.93 bits per heavy atom. The quantitative estimate of drug-likeness (QED) is 0.630. The van der Waals surface area contributed by atoms with E-state index in [1.165, 1.54) is 27.1 Å². The van der Waals surface area contributed by atoms with Crippen LogP contribution in [-0.4, -0.2) is 45.4 Å². The van der Waals surface area contributed by atoms with Gasteiger partial charge in [-0.25, -0.2) is 4.98 Å². The van der Waals surface area contributed by atoms with Crippen molar-refractivity contribution >= 4 is 33.4 Å². The molecule has 0 bridgehead atoms. The third-order valence-electron chi connectivity index (χ3n) is 4.78. The number of carbonyl (C=O) groups is 2. The number of hydrogen-bond acceptors (Lipinski definition) is 5. The summed E-state index contributed by atoms with van der Waals surface area (Å²) in [6.45, 7) is 7.64. The Balaban J connectivity index is 1.87. The number of aromatic nitrogens is 2. The maximum atomic E-state index is 13.1. The highest BCUT2D eigenvalue weighted by molar-refractivity contribution is 7.22. The van der Waals surface area contributed by atoms with Gasteiger partial charge in [0.15, 0.2) is 0 Å². The molecule has 3 aromatic rings. The first kappa shape index (κ1) is 21.7. The fraction of sp³-hybridized carbons (Fsp3) is 0.364. The zero-order chi connectivity index (χ0) is 21.8. The van der Waals surface area contributed by atoms with Gasteiger partial charge in [-0.3, -0.25) is 19.0 Å². The Labute approximate surface area is 179 Å². The second-order valence-electron chi connectivity index (χ2n) is 7.41. The number of nitrogens with one attached hydrogen (secondary N) is 1. The van der Waals surface area contributed by atoms with Crippen LogP contribution in [0.4, 0.5) is 0 Å². The van der Waals surface area contributed by atoms with Gasteiger partial charge in [0.1, 0.15) is 11.4 Å². The summed E-state index contributed by atoms with van der Waals surface area (Å²) in [6, 6.07) is 9.86. The average molecular weight is 427 g/mol.